The molecule has 2 heteroatoms. The molecular weight excluding hydrogens is 86.0 g/mol. The largest absolute Gasteiger partial charge is 0.206 e. The summed E-state index contributed by atoms with van der Waals surface area (Å²) in [6.45, 7) is 0. The average Bonchev–Trinajstić information content (AvgIpc) is 1.30. The first-order valence-corrected chi connectivity index (χ1v) is 2.32. The van der Waals surface area contributed by atoms with Crippen LogP contribution in [0.25, 0.3) is 0 Å². The van der Waals surface area contributed by atoms with Crippen LogP contribution in [-0.4, -0.2) is 5.80 Å². The first-order chi connectivity index (χ1) is 2.39. The van der Waals surface area contributed by atoms with Crippen LogP contribution in [0, 0.1) is 0 Å². The minimum atomic E-state index is -0.0772. The van der Waals surface area contributed by atoms with Gasteiger partial charge in [-0.1, -0.05) is 8.20 Å². The highest BCUT2D eigenvalue weighted by Crippen LogP contribution is 2.14. The molecular formula is C3H2FP. The van der Waals surface area contributed by atoms with Crippen molar-refractivity contribution in [3.8, 4) is 0 Å². The number of allylic oxidation sites excluding steroid dienone is 1. The number of halogens is 1. The second-order valence-electron chi connectivity index (χ2n) is 0.792. The predicted octanol–water partition coefficient (Wildman–Crippen LogP) is 1.56. The smallest absolute Gasteiger partial charge is 0.132 e. The summed E-state index contributed by atoms with van der Waals surface area (Å²) in [6.07, 6.45) is 0. The van der Waals surface area contributed by atoms with Gasteiger partial charge in [0.05, 0.1) is 0 Å². The summed E-state index contributed by atoms with van der Waals surface area (Å²) in [7, 11) is 1.01. The molecule has 0 nitrogen and oxygen atoms in total. The summed E-state index contributed by atoms with van der Waals surface area (Å²) >= 11 is 0. The molecule has 0 amide bonds. The van der Waals surface area contributed by atoms with Crippen LogP contribution >= 0.6 is 8.20 Å². The monoisotopic (exact) mass is 88.0 g/mol. The van der Waals surface area contributed by atoms with Crippen LogP contribution < -0.4 is 0 Å². The normalized spacial score (nSPS) is 20.6. The zero-order chi connectivity index (χ0) is 3.70. The van der Waals surface area contributed by atoms with Crippen LogP contribution in [0.3, 0.4) is 0 Å². The molecule has 0 aliphatic carbocycles. The van der Waals surface area contributed by atoms with E-state index in [9.17, 15) is 4.39 Å². The Labute approximate surface area is 31.1 Å². The van der Waals surface area contributed by atoms with Crippen LogP contribution in [0.2, 0.25) is 0 Å². The fourth-order valence-corrected chi connectivity index (χ4v) is 0.393. The topological polar surface area (TPSA) is 0 Å². The van der Waals surface area contributed by atoms with E-state index in [1.165, 1.54) is 11.6 Å². The van der Waals surface area contributed by atoms with Gasteiger partial charge in [-0.15, -0.1) is 0 Å². The maximum atomic E-state index is 11.3. The standard InChI is InChI=1S/C3H2FP/c4-3-1-5-2-3/h1-2H. The van der Waals surface area contributed by atoms with Crippen molar-refractivity contribution >= 4 is 14.0 Å². The summed E-state index contributed by atoms with van der Waals surface area (Å²) < 4.78 is 11.3. The lowest BCUT2D eigenvalue weighted by atomic mass is 10.7. The van der Waals surface area contributed by atoms with Crippen molar-refractivity contribution in [3.05, 3.63) is 11.6 Å². The first-order valence-electron chi connectivity index (χ1n) is 1.28. The Morgan fingerprint density at radius 2 is 2.20 bits per heavy atom. The average molecular weight is 88.0 g/mol. The quantitative estimate of drug-likeness (QED) is 0.394. The molecule has 0 saturated heterocycles. The second-order valence-corrected chi connectivity index (χ2v) is 1.61. The molecule has 0 bridgehead atoms. The van der Waals surface area contributed by atoms with Gasteiger partial charge in [-0.2, -0.15) is 0 Å². The molecule has 0 unspecified atom stereocenters. The molecule has 0 N–H and O–H groups in total. The first kappa shape index (κ1) is 3.05. The van der Waals surface area contributed by atoms with Gasteiger partial charge in [0.1, 0.15) is 5.83 Å². The van der Waals surface area contributed by atoms with Gasteiger partial charge in [0.15, 0.2) is 0 Å². The zero-order valence-corrected chi connectivity index (χ0v) is 3.37. The summed E-state index contributed by atoms with van der Waals surface area (Å²) in [4.78, 5) is 0. The van der Waals surface area contributed by atoms with Crippen molar-refractivity contribution in [1.29, 1.82) is 0 Å². The summed E-state index contributed by atoms with van der Waals surface area (Å²) in [6, 6.07) is 0. The van der Waals surface area contributed by atoms with Crippen molar-refractivity contribution in [2.24, 2.45) is 0 Å². The number of hydrogen-bond donors (Lipinski definition) is 0. The summed E-state index contributed by atoms with van der Waals surface area (Å²) in [5.74, 6) is 2.95. The van der Waals surface area contributed by atoms with Crippen molar-refractivity contribution in [1.82, 2.24) is 0 Å². The van der Waals surface area contributed by atoms with Gasteiger partial charge in [-0.3, -0.25) is 0 Å². The van der Waals surface area contributed by atoms with Crippen molar-refractivity contribution < 1.29 is 4.39 Å². The van der Waals surface area contributed by atoms with Crippen LogP contribution in [0.15, 0.2) is 11.6 Å². The van der Waals surface area contributed by atoms with Crippen LogP contribution in [0.4, 0.5) is 4.39 Å². The maximum absolute atomic E-state index is 11.3. The van der Waals surface area contributed by atoms with E-state index in [1.807, 2.05) is 0 Å². The van der Waals surface area contributed by atoms with Crippen LogP contribution in [0.1, 0.15) is 0 Å². The molecule has 0 spiro atoms. The third-order valence-corrected chi connectivity index (χ3v) is 1.19. The molecule has 1 rings (SSSR count). The molecule has 1 aliphatic rings. The number of hydrogen-bond acceptors (Lipinski definition) is 0. The maximum Gasteiger partial charge on any atom is 0.132 e. The Kier molecular flexibility index (Phi) is 0.553. The van der Waals surface area contributed by atoms with E-state index in [0.717, 1.165) is 8.20 Å². The highest BCUT2D eigenvalue weighted by Gasteiger charge is 1.89. The molecule has 0 radical (unpaired) electrons. The van der Waals surface area contributed by atoms with Gasteiger partial charge < -0.3 is 0 Å². The van der Waals surface area contributed by atoms with Gasteiger partial charge in [0, 0.05) is 11.6 Å². The molecule has 0 atom stereocenters. The van der Waals surface area contributed by atoms with Gasteiger partial charge >= 0.3 is 0 Å². The minimum Gasteiger partial charge on any atom is -0.206 e. The third-order valence-electron chi connectivity index (χ3n) is 0.396. The molecule has 1 aliphatic heterocycles. The molecule has 5 heavy (non-hydrogen) atoms. The van der Waals surface area contributed by atoms with E-state index in [-0.39, 0.29) is 5.83 Å². The Balaban J connectivity index is 2.60. The van der Waals surface area contributed by atoms with Gasteiger partial charge in [-0.05, 0) is 0 Å². The fraction of sp³-hybridized carbons (Fsp3) is 0. The SMILES string of the molecule is FC1=CP=C1. The Bertz CT molecular complexity index is 93.1. The molecule has 0 saturated carbocycles. The van der Waals surface area contributed by atoms with Crippen LogP contribution in [-0.2, 0) is 0 Å². The van der Waals surface area contributed by atoms with E-state index < -0.39 is 0 Å². The molecule has 26 valence electrons. The Morgan fingerprint density at radius 1 is 1.80 bits per heavy atom. The highest BCUT2D eigenvalue weighted by molar-refractivity contribution is 7.45. The van der Waals surface area contributed by atoms with E-state index >= 15 is 0 Å². The van der Waals surface area contributed by atoms with Gasteiger partial charge in [0.25, 0.3) is 0 Å². The minimum absolute atomic E-state index is 0.0772. The van der Waals surface area contributed by atoms with Crippen molar-refractivity contribution in [2.45, 2.75) is 0 Å². The van der Waals surface area contributed by atoms with Gasteiger partial charge in [-0.25, -0.2) is 4.39 Å². The summed E-state index contributed by atoms with van der Waals surface area (Å²) in [5, 5.41) is 0. The highest BCUT2D eigenvalue weighted by atomic mass is 31.1. The van der Waals surface area contributed by atoms with E-state index in [0.29, 0.717) is 0 Å². The lowest BCUT2D eigenvalue weighted by molar-refractivity contribution is 0.689. The molecule has 0 aromatic carbocycles. The fourth-order valence-electron chi connectivity index (χ4n) is 0.131. The van der Waals surface area contributed by atoms with E-state index in [1.54, 1.807) is 0 Å². The van der Waals surface area contributed by atoms with E-state index in [4.69, 9.17) is 0 Å². The second kappa shape index (κ2) is 0.908. The number of rotatable bonds is 0. The zero-order valence-electron chi connectivity index (χ0n) is 2.48. The summed E-state index contributed by atoms with van der Waals surface area (Å²) in [5.41, 5.74) is 0. The van der Waals surface area contributed by atoms with Gasteiger partial charge in [0.2, 0.25) is 0 Å². The van der Waals surface area contributed by atoms with Crippen molar-refractivity contribution in [2.75, 3.05) is 0 Å². The predicted molar refractivity (Wildman–Crippen MR) is 22.2 cm³/mol. The molecule has 0 aromatic heterocycles. The lowest BCUT2D eigenvalue weighted by Crippen LogP contribution is -1.72. The lowest BCUT2D eigenvalue weighted by Gasteiger charge is -1.86. The molecule has 0 fully saturated rings. The Morgan fingerprint density at radius 3 is 2.20 bits per heavy atom. The molecule has 0 aromatic rings. The third kappa shape index (κ3) is 0.381. The molecule has 1 heterocycles. The van der Waals surface area contributed by atoms with E-state index in [2.05, 4.69) is 0 Å². The Hall–Kier alpha value is -0.160. The van der Waals surface area contributed by atoms with Crippen molar-refractivity contribution in [3.63, 3.8) is 0 Å². The van der Waals surface area contributed by atoms with Crippen LogP contribution in [0.5, 0.6) is 0 Å².